The lowest BCUT2D eigenvalue weighted by Gasteiger charge is -2.23. The molecule has 0 unspecified atom stereocenters. The van der Waals surface area contributed by atoms with Crippen molar-refractivity contribution in [2.75, 3.05) is 39.3 Å². The fourth-order valence-corrected chi connectivity index (χ4v) is 1.48. The quantitative estimate of drug-likeness (QED) is 0.198. The summed E-state index contributed by atoms with van der Waals surface area (Å²) in [4.78, 5) is 44.4. The highest BCUT2D eigenvalue weighted by Gasteiger charge is 2.17. The predicted octanol–water partition coefficient (Wildman–Crippen LogP) is -4.22. The molecule has 154 valence electrons. The van der Waals surface area contributed by atoms with Gasteiger partial charge in [0.15, 0.2) is 0 Å². The Balaban J connectivity index is -0.000000180. The lowest BCUT2D eigenvalue weighted by atomic mass is 10.4. The molecule has 0 bridgehead atoms. The van der Waals surface area contributed by atoms with Gasteiger partial charge in [0, 0.05) is 13.1 Å². The molecular weight excluding hydrogens is 352 g/mol. The number of hydrogen-bond donors (Lipinski definition) is 6. The minimum atomic E-state index is -1.23. The summed E-state index contributed by atoms with van der Waals surface area (Å²) >= 11 is 0. The summed E-state index contributed by atoms with van der Waals surface area (Å²) in [5, 5.41) is 34.5. The molecule has 0 aromatic heterocycles. The largest absolute Gasteiger partial charge is 0.480 e. The van der Waals surface area contributed by atoms with Crippen LogP contribution in [0, 0.1) is 0 Å². The summed E-state index contributed by atoms with van der Waals surface area (Å²) in [6.45, 7) is -2.25. The van der Waals surface area contributed by atoms with Gasteiger partial charge in [-0.05, 0) is 0 Å². The van der Waals surface area contributed by atoms with Crippen molar-refractivity contribution in [3.8, 4) is 0 Å². The number of nitrogens with zero attached hydrogens (tertiary/aromatic N) is 2. The fourth-order valence-electron chi connectivity index (χ4n) is 1.48. The summed E-state index contributed by atoms with van der Waals surface area (Å²) in [6.07, 6.45) is 0. The summed E-state index contributed by atoms with van der Waals surface area (Å²) in [6, 6.07) is 0. The molecule has 0 saturated heterocycles. The van der Waals surface area contributed by atoms with Gasteiger partial charge in [0.1, 0.15) is 0 Å². The predicted molar refractivity (Wildman–Crippen MR) is 84.3 cm³/mol. The standard InChI is InChI=1S/C10H16N2O8.2H3N.3H2O/c13-7(14)3-11(4-8(15)16)1-2-12(5-9(17)18)6-10(19)20;;;;;/h1-6H2,(H,13,14)(H,15,16)(H,17,18)(H,19,20);2*1H3;3*1H2. The second-order valence-corrected chi connectivity index (χ2v) is 4.00. The Morgan fingerprint density at radius 3 is 0.800 bits per heavy atom. The molecule has 0 amide bonds. The topological polar surface area (TPSA) is 320 Å². The van der Waals surface area contributed by atoms with Crippen molar-refractivity contribution in [2.45, 2.75) is 0 Å². The van der Waals surface area contributed by atoms with Crippen LogP contribution in [0.4, 0.5) is 0 Å². The van der Waals surface area contributed by atoms with Crippen LogP contribution in [0.25, 0.3) is 0 Å². The minimum Gasteiger partial charge on any atom is -0.480 e. The smallest absolute Gasteiger partial charge is 0.317 e. The van der Waals surface area contributed by atoms with Gasteiger partial charge < -0.3 is 49.2 Å². The zero-order valence-electron chi connectivity index (χ0n) is 13.5. The first-order valence-corrected chi connectivity index (χ1v) is 5.52. The van der Waals surface area contributed by atoms with E-state index in [1.165, 1.54) is 0 Å². The van der Waals surface area contributed by atoms with Crippen LogP contribution in [-0.4, -0.2) is 110 Å². The Hall–Kier alpha value is -2.40. The van der Waals surface area contributed by atoms with Crippen LogP contribution in [0.3, 0.4) is 0 Å². The highest BCUT2D eigenvalue weighted by atomic mass is 16.4. The Kier molecular flexibility index (Phi) is 30.1. The van der Waals surface area contributed by atoms with Crippen LogP contribution in [0.1, 0.15) is 0 Å². The minimum absolute atomic E-state index is 0. The average molecular weight is 380 g/mol. The molecule has 0 aliphatic heterocycles. The van der Waals surface area contributed by atoms with E-state index in [2.05, 4.69) is 0 Å². The SMILES string of the molecule is N.N.O.O.O.O=C(O)CN(CCN(CC(=O)O)CC(=O)O)CC(=O)O. The Morgan fingerprint density at radius 1 is 0.520 bits per heavy atom. The van der Waals surface area contributed by atoms with Crippen molar-refractivity contribution in [3.63, 3.8) is 0 Å². The van der Waals surface area contributed by atoms with Crippen LogP contribution in [-0.2, 0) is 19.2 Å². The maximum Gasteiger partial charge on any atom is 0.317 e. The molecule has 0 aliphatic rings. The van der Waals surface area contributed by atoms with E-state index in [1.54, 1.807) is 0 Å². The molecule has 0 rings (SSSR count). The summed E-state index contributed by atoms with van der Waals surface area (Å²) < 4.78 is 0. The fraction of sp³-hybridized carbons (Fsp3) is 0.600. The molecule has 0 radical (unpaired) electrons. The van der Waals surface area contributed by atoms with E-state index in [-0.39, 0.29) is 41.8 Å². The highest BCUT2D eigenvalue weighted by Crippen LogP contribution is 1.94. The van der Waals surface area contributed by atoms with Gasteiger partial charge in [-0.1, -0.05) is 0 Å². The van der Waals surface area contributed by atoms with Gasteiger partial charge in [-0.3, -0.25) is 29.0 Å². The van der Waals surface area contributed by atoms with E-state index in [4.69, 9.17) is 20.4 Å². The van der Waals surface area contributed by atoms with Gasteiger partial charge in [0.25, 0.3) is 0 Å². The maximum atomic E-state index is 10.6. The molecule has 0 fully saturated rings. The first-order valence-electron chi connectivity index (χ1n) is 5.52. The van der Waals surface area contributed by atoms with E-state index in [9.17, 15) is 19.2 Å². The molecule has 0 heterocycles. The molecule has 0 aromatic carbocycles. The van der Waals surface area contributed by atoms with Crippen LogP contribution in [0.5, 0.6) is 0 Å². The summed E-state index contributed by atoms with van der Waals surface area (Å²) in [7, 11) is 0. The van der Waals surface area contributed by atoms with Crippen molar-refractivity contribution >= 4 is 23.9 Å². The molecule has 0 atom stereocenters. The van der Waals surface area contributed by atoms with Crippen LogP contribution in [0.15, 0.2) is 0 Å². The molecule has 0 saturated carbocycles. The van der Waals surface area contributed by atoms with Gasteiger partial charge >= 0.3 is 23.9 Å². The zero-order valence-corrected chi connectivity index (χ0v) is 13.5. The van der Waals surface area contributed by atoms with Gasteiger partial charge in [0.2, 0.25) is 0 Å². The molecule has 25 heavy (non-hydrogen) atoms. The number of carboxylic acid groups (broad SMARTS) is 4. The van der Waals surface area contributed by atoms with Crippen molar-refractivity contribution in [3.05, 3.63) is 0 Å². The number of carbonyl (C=O) groups is 4. The first-order chi connectivity index (χ1) is 9.20. The number of hydrogen-bond acceptors (Lipinski definition) is 8. The maximum absolute atomic E-state index is 10.6. The van der Waals surface area contributed by atoms with Crippen LogP contribution < -0.4 is 12.3 Å². The first kappa shape index (κ1) is 38.3. The second kappa shape index (κ2) is 19.6. The number of carboxylic acids is 4. The Bertz CT molecular complexity index is 325. The van der Waals surface area contributed by atoms with Gasteiger partial charge in [-0.2, -0.15) is 0 Å². The van der Waals surface area contributed by atoms with Crippen molar-refractivity contribution in [1.82, 2.24) is 22.1 Å². The van der Waals surface area contributed by atoms with E-state index < -0.39 is 50.1 Å². The Labute approximate surface area is 142 Å². The molecule has 15 nitrogen and oxygen atoms in total. The van der Waals surface area contributed by atoms with Crippen molar-refractivity contribution in [1.29, 1.82) is 0 Å². The van der Waals surface area contributed by atoms with E-state index in [1.807, 2.05) is 0 Å². The van der Waals surface area contributed by atoms with Crippen LogP contribution >= 0.6 is 0 Å². The zero-order chi connectivity index (χ0) is 15.7. The summed E-state index contributed by atoms with van der Waals surface area (Å²) in [5.74, 6) is -4.91. The third-order valence-corrected chi connectivity index (χ3v) is 2.17. The van der Waals surface area contributed by atoms with E-state index >= 15 is 0 Å². The van der Waals surface area contributed by atoms with E-state index in [0.29, 0.717) is 0 Å². The molecule has 16 N–H and O–H groups in total. The van der Waals surface area contributed by atoms with Crippen molar-refractivity contribution in [2.24, 2.45) is 0 Å². The van der Waals surface area contributed by atoms with Gasteiger partial charge in [-0.25, -0.2) is 0 Å². The molecule has 0 spiro atoms. The van der Waals surface area contributed by atoms with Gasteiger partial charge in [0.05, 0.1) is 26.2 Å². The highest BCUT2D eigenvalue weighted by molar-refractivity contribution is 5.73. The average Bonchev–Trinajstić information content (AvgIpc) is 2.22. The normalized spacial score (nSPS) is 8.56. The van der Waals surface area contributed by atoms with Crippen molar-refractivity contribution < 1.29 is 56.0 Å². The molecule has 0 aliphatic carbocycles. The number of rotatable bonds is 11. The third kappa shape index (κ3) is 24.0. The third-order valence-electron chi connectivity index (χ3n) is 2.17. The summed E-state index contributed by atoms with van der Waals surface area (Å²) in [5.41, 5.74) is 0. The van der Waals surface area contributed by atoms with Crippen LogP contribution in [0.2, 0.25) is 0 Å². The molecule has 15 heteroatoms. The molecular formula is C10H28N4O11. The monoisotopic (exact) mass is 380 g/mol. The van der Waals surface area contributed by atoms with E-state index in [0.717, 1.165) is 9.80 Å². The van der Waals surface area contributed by atoms with Gasteiger partial charge in [-0.15, -0.1) is 0 Å². The number of aliphatic carboxylic acids is 4. The second-order valence-electron chi connectivity index (χ2n) is 4.00. The Morgan fingerprint density at radius 2 is 0.680 bits per heavy atom. The lowest BCUT2D eigenvalue weighted by molar-refractivity contribution is -0.145. The molecule has 0 aromatic rings. The lowest BCUT2D eigenvalue weighted by Crippen LogP contribution is -2.43.